The number of fused-ring (bicyclic) bond motifs is 1. The fraction of sp³-hybridized carbons (Fsp3) is 0.455. The minimum absolute atomic E-state index is 0.201. The summed E-state index contributed by atoms with van der Waals surface area (Å²) in [5.74, 6) is 0.820. The van der Waals surface area contributed by atoms with Crippen molar-refractivity contribution in [2.45, 2.75) is 6.04 Å². The second-order valence-corrected chi connectivity index (χ2v) is 3.90. The number of nitrogens with zero attached hydrogens (tertiary/aromatic N) is 4. The van der Waals surface area contributed by atoms with Crippen LogP contribution in [0.5, 0.6) is 5.75 Å². The molecule has 0 spiro atoms. The van der Waals surface area contributed by atoms with Crippen molar-refractivity contribution in [2.24, 2.45) is 5.11 Å². The van der Waals surface area contributed by atoms with E-state index in [9.17, 15) is 5.11 Å². The molecule has 2 rings (SSSR count). The lowest BCUT2D eigenvalue weighted by Crippen LogP contribution is -2.28. The van der Waals surface area contributed by atoms with Gasteiger partial charge in [0.15, 0.2) is 0 Å². The van der Waals surface area contributed by atoms with E-state index in [1.54, 1.807) is 0 Å². The third kappa shape index (κ3) is 2.27. The van der Waals surface area contributed by atoms with Crippen molar-refractivity contribution >= 4 is 5.69 Å². The Balaban J connectivity index is 2.37. The summed E-state index contributed by atoms with van der Waals surface area (Å²) < 4.78 is 5.51. The summed E-state index contributed by atoms with van der Waals surface area (Å²) in [7, 11) is 1.98. The van der Waals surface area contributed by atoms with E-state index >= 15 is 0 Å². The first-order valence-electron chi connectivity index (χ1n) is 5.39. The van der Waals surface area contributed by atoms with Crippen LogP contribution in [0.15, 0.2) is 23.3 Å². The Labute approximate surface area is 99.1 Å². The van der Waals surface area contributed by atoms with E-state index < -0.39 is 6.04 Å². The van der Waals surface area contributed by atoms with E-state index in [1.165, 1.54) is 0 Å². The minimum atomic E-state index is -0.541. The number of aliphatic hydroxyl groups is 1. The van der Waals surface area contributed by atoms with Crippen molar-refractivity contribution in [1.82, 2.24) is 0 Å². The van der Waals surface area contributed by atoms with Gasteiger partial charge in [0.25, 0.3) is 0 Å². The lowest BCUT2D eigenvalue weighted by Gasteiger charge is -2.28. The van der Waals surface area contributed by atoms with Gasteiger partial charge in [-0.05, 0) is 23.2 Å². The third-order valence-electron chi connectivity index (χ3n) is 2.83. The maximum absolute atomic E-state index is 9.17. The molecule has 0 aliphatic carbocycles. The number of ether oxygens (including phenoxy) is 1. The van der Waals surface area contributed by atoms with E-state index in [-0.39, 0.29) is 6.61 Å². The van der Waals surface area contributed by atoms with Gasteiger partial charge in [-0.3, -0.25) is 0 Å². The predicted molar refractivity (Wildman–Crippen MR) is 64.2 cm³/mol. The number of benzene rings is 1. The average molecular weight is 234 g/mol. The van der Waals surface area contributed by atoms with Crippen molar-refractivity contribution in [3.63, 3.8) is 0 Å². The number of azide groups is 1. The molecule has 6 nitrogen and oxygen atoms in total. The molecular formula is C11H14N4O2. The Kier molecular flexibility index (Phi) is 3.37. The summed E-state index contributed by atoms with van der Waals surface area (Å²) in [6.45, 7) is 1.29. The fourth-order valence-electron chi connectivity index (χ4n) is 1.85. The molecule has 0 radical (unpaired) electrons. The first-order valence-corrected chi connectivity index (χ1v) is 5.39. The summed E-state index contributed by atoms with van der Waals surface area (Å²) in [5, 5.41) is 12.7. The third-order valence-corrected chi connectivity index (χ3v) is 2.83. The smallest absolute Gasteiger partial charge is 0.142 e. The van der Waals surface area contributed by atoms with Gasteiger partial charge in [0.1, 0.15) is 12.4 Å². The van der Waals surface area contributed by atoms with Gasteiger partial charge in [0.05, 0.1) is 24.9 Å². The summed E-state index contributed by atoms with van der Waals surface area (Å²) in [6.07, 6.45) is 0. The van der Waals surface area contributed by atoms with Crippen LogP contribution in [-0.4, -0.2) is 31.9 Å². The van der Waals surface area contributed by atoms with E-state index in [0.29, 0.717) is 6.61 Å². The highest BCUT2D eigenvalue weighted by Gasteiger charge is 2.17. The highest BCUT2D eigenvalue weighted by Crippen LogP contribution is 2.33. The van der Waals surface area contributed by atoms with Crippen LogP contribution in [0.25, 0.3) is 10.4 Å². The lowest BCUT2D eigenvalue weighted by molar-refractivity contribution is 0.267. The zero-order valence-electron chi connectivity index (χ0n) is 9.58. The summed E-state index contributed by atoms with van der Waals surface area (Å²) in [6, 6.07) is 5.01. The molecule has 1 atom stereocenters. The molecular weight excluding hydrogens is 220 g/mol. The Hall–Kier alpha value is -1.91. The van der Waals surface area contributed by atoms with Crippen LogP contribution < -0.4 is 9.64 Å². The first kappa shape index (κ1) is 11.6. The molecule has 90 valence electrons. The molecule has 0 aromatic heterocycles. The van der Waals surface area contributed by atoms with Crippen molar-refractivity contribution in [3.8, 4) is 5.75 Å². The molecule has 17 heavy (non-hydrogen) atoms. The SMILES string of the molecule is CN1CCOc2ccc(C(CO)N=[N+]=[N-])cc21. The van der Waals surface area contributed by atoms with Gasteiger partial charge < -0.3 is 14.7 Å². The summed E-state index contributed by atoms with van der Waals surface area (Å²) in [5.41, 5.74) is 10.2. The van der Waals surface area contributed by atoms with Crippen molar-refractivity contribution in [2.75, 3.05) is 31.7 Å². The topological polar surface area (TPSA) is 81.5 Å². The largest absolute Gasteiger partial charge is 0.490 e. The highest BCUT2D eigenvalue weighted by molar-refractivity contribution is 5.61. The quantitative estimate of drug-likeness (QED) is 0.492. The van der Waals surface area contributed by atoms with Gasteiger partial charge in [-0.1, -0.05) is 11.2 Å². The lowest BCUT2D eigenvalue weighted by atomic mass is 10.1. The second kappa shape index (κ2) is 4.95. The zero-order chi connectivity index (χ0) is 12.3. The molecule has 1 unspecified atom stereocenters. The van der Waals surface area contributed by atoms with E-state index in [0.717, 1.165) is 23.5 Å². The first-order chi connectivity index (χ1) is 8.26. The average Bonchev–Trinajstić information content (AvgIpc) is 2.36. The standard InChI is InChI=1S/C11H14N4O2/c1-15-4-5-17-11-3-2-8(6-10(11)15)9(7-16)13-14-12/h2-3,6,9,16H,4-5,7H2,1H3. The molecule has 0 saturated heterocycles. The van der Waals surface area contributed by atoms with Crippen molar-refractivity contribution in [3.05, 3.63) is 34.2 Å². The monoisotopic (exact) mass is 234 g/mol. The number of rotatable bonds is 3. The Morgan fingerprint density at radius 2 is 2.47 bits per heavy atom. The zero-order valence-corrected chi connectivity index (χ0v) is 9.58. The highest BCUT2D eigenvalue weighted by atomic mass is 16.5. The molecule has 6 heteroatoms. The van der Waals surface area contributed by atoms with Crippen LogP contribution in [0.3, 0.4) is 0 Å². The molecule has 1 N–H and O–H groups in total. The van der Waals surface area contributed by atoms with Crippen LogP contribution in [-0.2, 0) is 0 Å². The van der Waals surface area contributed by atoms with Crippen LogP contribution in [0.2, 0.25) is 0 Å². The number of hydrogen-bond donors (Lipinski definition) is 1. The van der Waals surface area contributed by atoms with Crippen LogP contribution in [0.1, 0.15) is 11.6 Å². The second-order valence-electron chi connectivity index (χ2n) is 3.90. The Morgan fingerprint density at radius 1 is 1.65 bits per heavy atom. The number of likely N-dealkylation sites (N-methyl/N-ethyl adjacent to an activating group) is 1. The van der Waals surface area contributed by atoms with Crippen molar-refractivity contribution in [1.29, 1.82) is 0 Å². The van der Waals surface area contributed by atoms with E-state index in [1.807, 2.05) is 25.2 Å². The number of hydrogen-bond acceptors (Lipinski definition) is 4. The fourth-order valence-corrected chi connectivity index (χ4v) is 1.85. The van der Waals surface area contributed by atoms with Crippen LogP contribution in [0, 0.1) is 0 Å². The normalized spacial score (nSPS) is 15.5. The van der Waals surface area contributed by atoms with Gasteiger partial charge in [-0.2, -0.15) is 0 Å². The van der Waals surface area contributed by atoms with Crippen LogP contribution >= 0.6 is 0 Å². The maximum Gasteiger partial charge on any atom is 0.142 e. The summed E-state index contributed by atoms with van der Waals surface area (Å²) >= 11 is 0. The molecule has 0 bridgehead atoms. The van der Waals surface area contributed by atoms with Gasteiger partial charge in [-0.15, -0.1) is 0 Å². The Morgan fingerprint density at radius 3 is 3.18 bits per heavy atom. The molecule has 0 saturated carbocycles. The molecule has 0 amide bonds. The molecule has 1 aromatic rings. The molecule has 1 aliphatic rings. The minimum Gasteiger partial charge on any atom is -0.490 e. The van der Waals surface area contributed by atoms with Gasteiger partial charge >= 0.3 is 0 Å². The van der Waals surface area contributed by atoms with Gasteiger partial charge in [0.2, 0.25) is 0 Å². The number of aliphatic hydroxyl groups excluding tert-OH is 1. The Bertz CT molecular complexity index is 457. The molecule has 1 aromatic carbocycles. The van der Waals surface area contributed by atoms with Gasteiger partial charge in [-0.25, -0.2) is 0 Å². The predicted octanol–water partition coefficient (Wildman–Crippen LogP) is 1.86. The van der Waals surface area contributed by atoms with Crippen molar-refractivity contribution < 1.29 is 9.84 Å². The summed E-state index contributed by atoms with van der Waals surface area (Å²) in [4.78, 5) is 4.81. The number of anilines is 1. The molecule has 1 heterocycles. The molecule has 1 aliphatic heterocycles. The molecule has 0 fully saturated rings. The maximum atomic E-state index is 9.17. The van der Waals surface area contributed by atoms with E-state index in [4.69, 9.17) is 10.3 Å². The van der Waals surface area contributed by atoms with Crippen LogP contribution in [0.4, 0.5) is 5.69 Å². The van der Waals surface area contributed by atoms with Gasteiger partial charge in [0, 0.05) is 12.0 Å². The van der Waals surface area contributed by atoms with E-state index in [2.05, 4.69) is 14.9 Å².